The minimum absolute atomic E-state index is 0.146. The zero-order chi connectivity index (χ0) is 12.5. The summed E-state index contributed by atoms with van der Waals surface area (Å²) in [5, 5.41) is 3.54. The smallest absolute Gasteiger partial charge is 0.123 e. The Hall–Kier alpha value is -0.890. The molecule has 1 saturated carbocycles. The fraction of sp³-hybridized carbons (Fsp3) is 0.600. The molecule has 0 aromatic heterocycles. The van der Waals surface area contributed by atoms with Crippen molar-refractivity contribution in [3.8, 4) is 0 Å². The van der Waals surface area contributed by atoms with Gasteiger partial charge in [-0.05, 0) is 36.5 Å². The molecule has 0 amide bonds. The molecule has 2 unspecified atom stereocenters. The largest absolute Gasteiger partial charge is 0.314 e. The van der Waals surface area contributed by atoms with Crippen LogP contribution >= 0.6 is 0 Å². The summed E-state index contributed by atoms with van der Waals surface area (Å²) in [7, 11) is 0. The maximum absolute atomic E-state index is 13.0. The first-order valence-corrected chi connectivity index (χ1v) is 6.54. The van der Waals surface area contributed by atoms with Gasteiger partial charge in [-0.2, -0.15) is 0 Å². The fourth-order valence-electron chi connectivity index (χ4n) is 2.74. The Balaban J connectivity index is 2.19. The highest BCUT2D eigenvalue weighted by Crippen LogP contribution is 2.48. The van der Waals surface area contributed by atoms with Crippen LogP contribution in [0.2, 0.25) is 0 Å². The molecule has 0 spiro atoms. The lowest BCUT2D eigenvalue weighted by Gasteiger charge is -2.49. The molecule has 0 heterocycles. The van der Waals surface area contributed by atoms with Gasteiger partial charge in [0.15, 0.2) is 0 Å². The van der Waals surface area contributed by atoms with Crippen molar-refractivity contribution in [2.75, 3.05) is 6.54 Å². The van der Waals surface area contributed by atoms with Crippen LogP contribution in [0, 0.1) is 11.7 Å². The van der Waals surface area contributed by atoms with E-state index in [1.807, 2.05) is 12.1 Å². The van der Waals surface area contributed by atoms with Crippen LogP contribution in [-0.4, -0.2) is 12.6 Å². The molecule has 94 valence electrons. The number of nitrogens with one attached hydrogen (secondary N) is 1. The van der Waals surface area contributed by atoms with E-state index in [1.165, 1.54) is 18.4 Å². The molecule has 0 aliphatic heterocycles. The number of benzene rings is 1. The topological polar surface area (TPSA) is 12.0 Å². The van der Waals surface area contributed by atoms with Crippen LogP contribution in [0.15, 0.2) is 24.3 Å². The minimum atomic E-state index is -0.146. The Morgan fingerprint density at radius 2 is 2.00 bits per heavy atom. The van der Waals surface area contributed by atoms with Crippen molar-refractivity contribution in [1.82, 2.24) is 5.32 Å². The molecule has 1 fully saturated rings. The molecule has 1 aliphatic rings. The maximum Gasteiger partial charge on any atom is 0.123 e. The van der Waals surface area contributed by atoms with Gasteiger partial charge in [-0.25, -0.2) is 4.39 Å². The average Bonchev–Trinajstić information content (AvgIpc) is 2.29. The van der Waals surface area contributed by atoms with Gasteiger partial charge >= 0.3 is 0 Å². The minimum Gasteiger partial charge on any atom is -0.314 e. The van der Waals surface area contributed by atoms with Crippen LogP contribution in [0.3, 0.4) is 0 Å². The van der Waals surface area contributed by atoms with Crippen molar-refractivity contribution in [2.24, 2.45) is 5.92 Å². The van der Waals surface area contributed by atoms with Gasteiger partial charge in [0.1, 0.15) is 5.82 Å². The van der Waals surface area contributed by atoms with Gasteiger partial charge in [0.2, 0.25) is 0 Å². The average molecular weight is 235 g/mol. The zero-order valence-corrected chi connectivity index (χ0v) is 11.0. The first kappa shape index (κ1) is 12.6. The van der Waals surface area contributed by atoms with E-state index in [1.54, 1.807) is 12.1 Å². The number of halogens is 1. The van der Waals surface area contributed by atoms with E-state index >= 15 is 0 Å². The van der Waals surface area contributed by atoms with Crippen LogP contribution in [0.5, 0.6) is 0 Å². The lowest BCUT2D eigenvalue weighted by molar-refractivity contribution is 0.131. The van der Waals surface area contributed by atoms with Gasteiger partial charge < -0.3 is 5.32 Å². The monoisotopic (exact) mass is 235 g/mol. The molecule has 1 aromatic rings. The van der Waals surface area contributed by atoms with Crippen LogP contribution < -0.4 is 5.32 Å². The van der Waals surface area contributed by atoms with Gasteiger partial charge in [-0.15, -0.1) is 0 Å². The molecule has 0 radical (unpaired) electrons. The van der Waals surface area contributed by atoms with Gasteiger partial charge in [-0.3, -0.25) is 0 Å². The predicted octanol–water partition coefficient (Wildman–Crippen LogP) is 3.49. The summed E-state index contributed by atoms with van der Waals surface area (Å²) in [4.78, 5) is 0. The molecule has 2 heteroatoms. The van der Waals surface area contributed by atoms with Gasteiger partial charge in [0.25, 0.3) is 0 Å². The van der Waals surface area contributed by atoms with E-state index in [-0.39, 0.29) is 11.2 Å². The summed E-state index contributed by atoms with van der Waals surface area (Å²) >= 11 is 0. The molecule has 2 atom stereocenters. The van der Waals surface area contributed by atoms with Crippen molar-refractivity contribution in [3.63, 3.8) is 0 Å². The third kappa shape index (κ3) is 2.37. The van der Waals surface area contributed by atoms with E-state index in [9.17, 15) is 4.39 Å². The molecule has 1 nitrogen and oxygen atoms in total. The Morgan fingerprint density at radius 3 is 2.41 bits per heavy atom. The Morgan fingerprint density at radius 1 is 1.35 bits per heavy atom. The lowest BCUT2D eigenvalue weighted by atomic mass is 9.57. The first-order valence-electron chi connectivity index (χ1n) is 6.54. The summed E-state index contributed by atoms with van der Waals surface area (Å²) < 4.78 is 13.0. The zero-order valence-electron chi connectivity index (χ0n) is 11.0. The fourth-order valence-corrected chi connectivity index (χ4v) is 2.74. The summed E-state index contributed by atoms with van der Waals surface area (Å²) in [6, 6.07) is 7.56. The molecule has 2 rings (SSSR count). The van der Waals surface area contributed by atoms with Crippen molar-refractivity contribution in [3.05, 3.63) is 35.6 Å². The van der Waals surface area contributed by atoms with Crippen LogP contribution in [0.1, 0.15) is 39.2 Å². The molecule has 0 saturated heterocycles. The quantitative estimate of drug-likeness (QED) is 0.842. The van der Waals surface area contributed by atoms with E-state index in [0.29, 0.717) is 12.0 Å². The highest BCUT2D eigenvalue weighted by Gasteiger charge is 2.44. The van der Waals surface area contributed by atoms with E-state index < -0.39 is 0 Å². The Kier molecular flexibility index (Phi) is 3.53. The third-order valence-electron chi connectivity index (χ3n) is 4.21. The number of rotatable bonds is 4. The van der Waals surface area contributed by atoms with Crippen LogP contribution in [0.4, 0.5) is 4.39 Å². The molecule has 1 aliphatic carbocycles. The van der Waals surface area contributed by atoms with Crippen LogP contribution in [0.25, 0.3) is 0 Å². The predicted molar refractivity (Wildman–Crippen MR) is 69.6 cm³/mol. The summed E-state index contributed by atoms with van der Waals surface area (Å²) in [5.41, 5.74) is 1.50. The standard InChI is InChI=1S/C15H22FN/c1-11(2)17-10-15(9-8-12(15)3)13-4-6-14(16)7-5-13/h4-7,11-12,17H,8-10H2,1-3H3. The molecular weight excluding hydrogens is 213 g/mol. The van der Waals surface area contributed by atoms with Crippen molar-refractivity contribution in [1.29, 1.82) is 0 Å². The Bertz CT molecular complexity index is 371. The summed E-state index contributed by atoms with van der Waals surface area (Å²) in [6.45, 7) is 7.63. The maximum atomic E-state index is 13.0. The van der Waals surface area contributed by atoms with Gasteiger partial charge in [-0.1, -0.05) is 32.9 Å². The van der Waals surface area contributed by atoms with E-state index in [4.69, 9.17) is 0 Å². The molecule has 1 N–H and O–H groups in total. The second kappa shape index (κ2) is 4.77. The second-order valence-corrected chi connectivity index (χ2v) is 5.64. The third-order valence-corrected chi connectivity index (χ3v) is 4.21. The second-order valence-electron chi connectivity index (χ2n) is 5.64. The molecule has 17 heavy (non-hydrogen) atoms. The SMILES string of the molecule is CC(C)NCC1(c2ccc(F)cc2)CCC1C. The van der Waals surface area contributed by atoms with Gasteiger partial charge in [0.05, 0.1) is 0 Å². The summed E-state index contributed by atoms with van der Waals surface area (Å²) in [5.74, 6) is 0.534. The number of hydrogen-bond donors (Lipinski definition) is 1. The Labute approximate surface area is 103 Å². The van der Waals surface area contributed by atoms with E-state index in [0.717, 1.165) is 6.54 Å². The first-order chi connectivity index (χ1) is 8.04. The van der Waals surface area contributed by atoms with Gasteiger partial charge in [0, 0.05) is 18.0 Å². The van der Waals surface area contributed by atoms with E-state index in [2.05, 4.69) is 26.1 Å². The molecule has 0 bridgehead atoms. The summed E-state index contributed by atoms with van der Waals surface area (Å²) in [6.07, 6.45) is 2.48. The van der Waals surface area contributed by atoms with Crippen molar-refractivity contribution >= 4 is 0 Å². The van der Waals surface area contributed by atoms with Crippen LogP contribution in [-0.2, 0) is 5.41 Å². The highest BCUT2D eigenvalue weighted by atomic mass is 19.1. The normalized spacial score (nSPS) is 28.2. The van der Waals surface area contributed by atoms with Crippen molar-refractivity contribution in [2.45, 2.75) is 45.1 Å². The number of hydrogen-bond acceptors (Lipinski definition) is 1. The molecular formula is C15H22FN. The van der Waals surface area contributed by atoms with Crippen molar-refractivity contribution < 1.29 is 4.39 Å². The highest BCUT2D eigenvalue weighted by molar-refractivity contribution is 5.30. The lowest BCUT2D eigenvalue weighted by Crippen LogP contribution is -2.51. The molecule has 1 aromatic carbocycles.